The molecular formula is C16H25N3O2. The number of likely N-dealkylation sites (tertiary alicyclic amines) is 1. The molecule has 1 aliphatic rings. The Morgan fingerprint density at radius 2 is 2.00 bits per heavy atom. The van der Waals surface area contributed by atoms with Crippen molar-refractivity contribution < 1.29 is 4.92 Å². The highest BCUT2D eigenvalue weighted by atomic mass is 16.6. The number of nitrogens with one attached hydrogen (secondary N) is 1. The summed E-state index contributed by atoms with van der Waals surface area (Å²) in [4.78, 5) is 12.8. The lowest BCUT2D eigenvalue weighted by molar-refractivity contribution is -0.384. The van der Waals surface area contributed by atoms with E-state index in [4.69, 9.17) is 0 Å². The minimum absolute atomic E-state index is 0.148. The van der Waals surface area contributed by atoms with Crippen molar-refractivity contribution in [3.8, 4) is 0 Å². The summed E-state index contributed by atoms with van der Waals surface area (Å²) in [5.41, 5.74) is 1.24. The van der Waals surface area contributed by atoms with Crippen molar-refractivity contribution in [2.45, 2.75) is 39.3 Å². The van der Waals surface area contributed by atoms with Crippen LogP contribution in [0, 0.1) is 16.0 Å². The smallest absolute Gasteiger partial charge is 0.269 e. The molecule has 0 saturated carbocycles. The van der Waals surface area contributed by atoms with Crippen LogP contribution in [0.25, 0.3) is 0 Å². The van der Waals surface area contributed by atoms with Gasteiger partial charge in [0.05, 0.1) is 4.92 Å². The Morgan fingerprint density at radius 1 is 1.33 bits per heavy atom. The first-order valence-corrected chi connectivity index (χ1v) is 7.69. The van der Waals surface area contributed by atoms with Gasteiger partial charge < -0.3 is 10.2 Å². The van der Waals surface area contributed by atoms with Crippen LogP contribution < -0.4 is 5.32 Å². The highest BCUT2D eigenvalue weighted by Crippen LogP contribution is 2.20. The monoisotopic (exact) mass is 291 g/mol. The van der Waals surface area contributed by atoms with Gasteiger partial charge in [-0.3, -0.25) is 10.1 Å². The lowest BCUT2D eigenvalue weighted by atomic mass is 10.1. The third-order valence-corrected chi connectivity index (χ3v) is 4.36. The van der Waals surface area contributed by atoms with Crippen molar-refractivity contribution >= 4 is 5.69 Å². The van der Waals surface area contributed by atoms with E-state index >= 15 is 0 Å². The molecule has 0 amide bonds. The summed E-state index contributed by atoms with van der Waals surface area (Å²) in [7, 11) is 0. The molecule has 1 N–H and O–H groups in total. The molecule has 1 aromatic rings. The van der Waals surface area contributed by atoms with Gasteiger partial charge in [-0.05, 0) is 51.8 Å². The maximum Gasteiger partial charge on any atom is 0.269 e. The number of nitro benzene ring substituents is 1. The Hall–Kier alpha value is -1.46. The molecule has 2 rings (SSSR count). The molecule has 1 saturated heterocycles. The van der Waals surface area contributed by atoms with E-state index in [1.165, 1.54) is 13.0 Å². The molecule has 1 fully saturated rings. The van der Waals surface area contributed by atoms with E-state index in [-0.39, 0.29) is 16.7 Å². The zero-order valence-corrected chi connectivity index (χ0v) is 13.1. The molecule has 21 heavy (non-hydrogen) atoms. The molecule has 5 nitrogen and oxygen atoms in total. The van der Waals surface area contributed by atoms with E-state index in [2.05, 4.69) is 31.0 Å². The first-order valence-electron chi connectivity index (χ1n) is 7.69. The second-order valence-corrected chi connectivity index (χ2v) is 6.22. The fourth-order valence-electron chi connectivity index (χ4n) is 2.84. The van der Waals surface area contributed by atoms with Crippen LogP contribution in [0.2, 0.25) is 0 Å². The molecule has 1 aromatic carbocycles. The van der Waals surface area contributed by atoms with Crippen LogP contribution in [-0.4, -0.2) is 35.5 Å². The van der Waals surface area contributed by atoms with Crippen molar-refractivity contribution in [1.82, 2.24) is 10.2 Å². The molecule has 0 aliphatic carbocycles. The van der Waals surface area contributed by atoms with Crippen LogP contribution >= 0.6 is 0 Å². The lowest BCUT2D eigenvalue weighted by Gasteiger charge is -2.21. The van der Waals surface area contributed by atoms with Crippen LogP contribution in [0.3, 0.4) is 0 Å². The topological polar surface area (TPSA) is 58.4 Å². The van der Waals surface area contributed by atoms with Crippen LogP contribution in [0.4, 0.5) is 5.69 Å². The highest BCUT2D eigenvalue weighted by molar-refractivity contribution is 5.34. The highest BCUT2D eigenvalue weighted by Gasteiger charge is 2.24. The molecule has 1 heterocycles. The van der Waals surface area contributed by atoms with E-state index in [0.29, 0.717) is 12.0 Å². The van der Waals surface area contributed by atoms with Crippen molar-refractivity contribution in [3.05, 3.63) is 39.9 Å². The fraction of sp³-hybridized carbons (Fsp3) is 0.625. The molecule has 116 valence electrons. The zero-order valence-electron chi connectivity index (χ0n) is 13.1. The number of rotatable bonds is 6. The number of hydrogen-bond donors (Lipinski definition) is 1. The summed E-state index contributed by atoms with van der Waals surface area (Å²) in [5, 5.41) is 14.2. The van der Waals surface area contributed by atoms with Gasteiger partial charge in [0.25, 0.3) is 5.69 Å². The second kappa shape index (κ2) is 7.00. The first kappa shape index (κ1) is 15.9. The van der Waals surface area contributed by atoms with Gasteiger partial charge in [0.15, 0.2) is 0 Å². The third kappa shape index (κ3) is 4.25. The molecule has 2 unspecified atom stereocenters. The summed E-state index contributed by atoms with van der Waals surface area (Å²) in [6, 6.07) is 7.67. The quantitative estimate of drug-likeness (QED) is 0.646. The Kier molecular flexibility index (Phi) is 5.31. The number of hydrogen-bond acceptors (Lipinski definition) is 4. The van der Waals surface area contributed by atoms with Crippen molar-refractivity contribution in [3.63, 3.8) is 0 Å². The van der Waals surface area contributed by atoms with E-state index in [1.807, 2.05) is 12.1 Å². The molecule has 0 radical (unpaired) electrons. The second-order valence-electron chi connectivity index (χ2n) is 6.22. The lowest BCUT2D eigenvalue weighted by Crippen LogP contribution is -2.31. The Labute approximate surface area is 126 Å². The van der Waals surface area contributed by atoms with Crippen LogP contribution in [-0.2, 0) is 0 Å². The predicted octanol–water partition coefficient (Wildman–Crippen LogP) is 2.98. The van der Waals surface area contributed by atoms with E-state index in [9.17, 15) is 10.1 Å². The maximum absolute atomic E-state index is 10.7. The first-order chi connectivity index (χ1) is 9.97. The Balaban J connectivity index is 1.82. The average Bonchev–Trinajstić information content (AvgIpc) is 2.94. The number of nitrogens with zero attached hydrogens (tertiary/aromatic N) is 2. The standard InChI is InChI=1S/C16H25N3O2/c1-12(2)18-9-8-14(11-18)10-17-13(3)15-4-6-16(7-5-15)19(20)21/h4-7,12-14,17H,8-11H2,1-3H3. The van der Waals surface area contributed by atoms with Crippen LogP contribution in [0.1, 0.15) is 38.8 Å². The SMILES string of the molecule is CC(NCC1CCN(C(C)C)C1)c1ccc([N+](=O)[O-])cc1. The summed E-state index contributed by atoms with van der Waals surface area (Å²) in [5.74, 6) is 0.702. The van der Waals surface area contributed by atoms with E-state index < -0.39 is 0 Å². The van der Waals surface area contributed by atoms with Gasteiger partial charge in [-0.2, -0.15) is 0 Å². The summed E-state index contributed by atoms with van der Waals surface area (Å²) in [6.45, 7) is 9.95. The molecule has 0 spiro atoms. The minimum atomic E-state index is -0.360. The Morgan fingerprint density at radius 3 is 2.52 bits per heavy atom. The van der Waals surface area contributed by atoms with Crippen molar-refractivity contribution in [2.75, 3.05) is 19.6 Å². The van der Waals surface area contributed by atoms with Gasteiger partial charge in [0, 0.05) is 30.8 Å². The van der Waals surface area contributed by atoms with Gasteiger partial charge >= 0.3 is 0 Å². The summed E-state index contributed by atoms with van der Waals surface area (Å²) >= 11 is 0. The predicted molar refractivity (Wildman–Crippen MR) is 84.3 cm³/mol. The Bertz CT molecular complexity index is 473. The fourth-order valence-corrected chi connectivity index (χ4v) is 2.84. The zero-order chi connectivity index (χ0) is 15.4. The molecular weight excluding hydrogens is 266 g/mol. The van der Waals surface area contributed by atoms with Crippen molar-refractivity contribution in [2.24, 2.45) is 5.92 Å². The minimum Gasteiger partial charge on any atom is -0.310 e. The number of benzene rings is 1. The van der Waals surface area contributed by atoms with Gasteiger partial charge in [-0.1, -0.05) is 12.1 Å². The van der Waals surface area contributed by atoms with E-state index in [0.717, 1.165) is 18.7 Å². The molecule has 1 aliphatic heterocycles. The van der Waals surface area contributed by atoms with Gasteiger partial charge in [-0.25, -0.2) is 0 Å². The normalized spacial score (nSPS) is 20.9. The maximum atomic E-state index is 10.7. The average molecular weight is 291 g/mol. The van der Waals surface area contributed by atoms with Gasteiger partial charge in [-0.15, -0.1) is 0 Å². The molecule has 0 bridgehead atoms. The van der Waals surface area contributed by atoms with Gasteiger partial charge in [0.1, 0.15) is 0 Å². The van der Waals surface area contributed by atoms with Crippen molar-refractivity contribution in [1.29, 1.82) is 0 Å². The molecule has 2 atom stereocenters. The van der Waals surface area contributed by atoms with Crippen LogP contribution in [0.5, 0.6) is 0 Å². The summed E-state index contributed by atoms with van der Waals surface area (Å²) < 4.78 is 0. The molecule has 5 heteroatoms. The third-order valence-electron chi connectivity index (χ3n) is 4.36. The number of non-ortho nitro benzene ring substituents is 1. The largest absolute Gasteiger partial charge is 0.310 e. The van der Waals surface area contributed by atoms with Crippen LogP contribution in [0.15, 0.2) is 24.3 Å². The van der Waals surface area contributed by atoms with Gasteiger partial charge in [0.2, 0.25) is 0 Å². The number of nitro groups is 1. The van der Waals surface area contributed by atoms with E-state index in [1.54, 1.807) is 12.1 Å². The summed E-state index contributed by atoms with van der Waals surface area (Å²) in [6.07, 6.45) is 1.25. The molecule has 0 aromatic heterocycles.